The van der Waals surface area contributed by atoms with Crippen molar-refractivity contribution in [1.82, 2.24) is 4.98 Å². The molecule has 1 aromatic heterocycles. The molecule has 0 aliphatic carbocycles. The molecule has 1 saturated heterocycles. The molecule has 0 aromatic carbocycles. The van der Waals surface area contributed by atoms with Crippen LogP contribution < -0.4 is 3.71 Å². The average Bonchev–Trinajstić information content (AvgIpc) is 2.68. The van der Waals surface area contributed by atoms with E-state index < -0.39 is 18.4 Å². The predicted molar refractivity (Wildman–Crippen MR) is 117 cm³/mol. The first-order valence-corrected chi connectivity index (χ1v) is 18.6. The van der Waals surface area contributed by atoms with Gasteiger partial charge in [0.05, 0.1) is 0 Å². The number of ether oxygens (including phenoxy) is 2. The van der Waals surface area contributed by atoms with Gasteiger partial charge in [-0.1, -0.05) is 0 Å². The zero-order valence-corrected chi connectivity index (χ0v) is 21.2. The van der Waals surface area contributed by atoms with Crippen LogP contribution in [0.25, 0.3) is 0 Å². The summed E-state index contributed by atoms with van der Waals surface area (Å²) in [5, 5.41) is 0. The van der Waals surface area contributed by atoms with Gasteiger partial charge in [0.25, 0.3) is 0 Å². The molecular weight excluding hydrogens is 441 g/mol. The molecule has 2 heterocycles. The number of unbranched alkanes of at least 4 members (excludes halogenated alkanes) is 3. The van der Waals surface area contributed by atoms with Crippen molar-refractivity contribution in [3.8, 4) is 0 Å². The van der Waals surface area contributed by atoms with Crippen molar-refractivity contribution in [2.75, 3.05) is 13.2 Å². The van der Waals surface area contributed by atoms with E-state index in [9.17, 15) is 0 Å². The molecule has 0 saturated carbocycles. The predicted octanol–water partition coefficient (Wildman–Crippen LogP) is 6.21. The molecular formula is C23H41NO2Sn. The Bertz CT molecular complexity index is 529. The van der Waals surface area contributed by atoms with Gasteiger partial charge in [-0.2, -0.15) is 0 Å². The summed E-state index contributed by atoms with van der Waals surface area (Å²) in [5.41, 5.74) is 1.29. The fourth-order valence-electron chi connectivity index (χ4n) is 4.07. The van der Waals surface area contributed by atoms with Crippen LogP contribution in [0.1, 0.15) is 85.0 Å². The maximum absolute atomic E-state index is 6.06. The molecule has 0 radical (unpaired) electrons. The van der Waals surface area contributed by atoms with E-state index in [0.717, 1.165) is 13.2 Å². The second-order valence-corrected chi connectivity index (χ2v) is 22.2. The zero-order valence-electron chi connectivity index (χ0n) is 18.4. The van der Waals surface area contributed by atoms with Gasteiger partial charge in [-0.15, -0.1) is 0 Å². The summed E-state index contributed by atoms with van der Waals surface area (Å²) < 4.78 is 17.9. The summed E-state index contributed by atoms with van der Waals surface area (Å²) in [7, 11) is 0. The van der Waals surface area contributed by atoms with Crippen molar-refractivity contribution in [3.05, 3.63) is 23.9 Å². The van der Waals surface area contributed by atoms with E-state index in [1.54, 1.807) is 0 Å². The molecule has 4 heteroatoms. The first-order valence-electron chi connectivity index (χ1n) is 11.2. The van der Waals surface area contributed by atoms with Crippen molar-refractivity contribution < 1.29 is 9.47 Å². The van der Waals surface area contributed by atoms with Crippen LogP contribution in [0, 0.1) is 5.41 Å². The average molecular weight is 482 g/mol. The Labute approximate surface area is 171 Å². The summed E-state index contributed by atoms with van der Waals surface area (Å²) >= 11 is -2.49. The number of aromatic nitrogens is 1. The fourth-order valence-corrected chi connectivity index (χ4v) is 19.6. The van der Waals surface area contributed by atoms with Crippen LogP contribution in [-0.4, -0.2) is 36.6 Å². The van der Waals surface area contributed by atoms with E-state index in [1.165, 1.54) is 61.1 Å². The fraction of sp³-hybridized carbons (Fsp3) is 0.783. The number of hydrogen-bond donors (Lipinski definition) is 0. The molecule has 0 atom stereocenters. The maximum atomic E-state index is 6.06. The van der Waals surface area contributed by atoms with Gasteiger partial charge in [-0.3, -0.25) is 0 Å². The van der Waals surface area contributed by atoms with Gasteiger partial charge >= 0.3 is 172 Å². The Hall–Kier alpha value is -0.131. The molecule has 1 aliphatic rings. The summed E-state index contributed by atoms with van der Waals surface area (Å²) in [6, 6.07) is 4.47. The topological polar surface area (TPSA) is 31.4 Å². The number of pyridine rings is 1. The van der Waals surface area contributed by atoms with Gasteiger partial charge in [-0.05, 0) is 0 Å². The molecule has 1 aromatic rings. The quantitative estimate of drug-likeness (QED) is 0.352. The third kappa shape index (κ3) is 6.71. The van der Waals surface area contributed by atoms with Crippen LogP contribution in [0.2, 0.25) is 13.3 Å². The Morgan fingerprint density at radius 3 is 1.96 bits per heavy atom. The van der Waals surface area contributed by atoms with Crippen LogP contribution in [0.3, 0.4) is 0 Å². The molecule has 1 fully saturated rings. The van der Waals surface area contributed by atoms with Crippen LogP contribution >= 0.6 is 0 Å². The molecule has 0 unspecified atom stereocenters. The normalized spacial score (nSPS) is 18.0. The summed E-state index contributed by atoms with van der Waals surface area (Å²) in [6.45, 7) is 12.9. The summed E-state index contributed by atoms with van der Waals surface area (Å²) in [6.07, 6.45) is 9.77. The van der Waals surface area contributed by atoms with Crippen molar-refractivity contribution in [3.63, 3.8) is 0 Å². The van der Waals surface area contributed by atoms with Crippen LogP contribution in [0.4, 0.5) is 0 Å². The van der Waals surface area contributed by atoms with E-state index in [4.69, 9.17) is 14.5 Å². The Kier molecular flexibility index (Phi) is 9.57. The monoisotopic (exact) mass is 483 g/mol. The molecule has 154 valence electrons. The Morgan fingerprint density at radius 1 is 0.963 bits per heavy atom. The standard InChI is InChI=1S/C11H14NO2.3C4H9.Sn/c1-11(2)7-13-10(14-8-11)9-3-5-12-6-4-9;3*1-3-4-2;/h3-5,10H,7-8H2,1-2H3;3*1,3-4H2,2H3;. The SMILES string of the molecule is CCC[CH2][Sn]([CH2]CCC)([CH2]CCC)[c]1cc(C2OCC(C)(C)CO2)ccn1. The van der Waals surface area contributed by atoms with E-state index in [-0.39, 0.29) is 11.7 Å². The molecule has 0 bridgehead atoms. The van der Waals surface area contributed by atoms with E-state index in [1.807, 2.05) is 6.20 Å². The molecule has 2 rings (SSSR count). The van der Waals surface area contributed by atoms with Crippen molar-refractivity contribution in [2.45, 2.75) is 92.7 Å². The molecule has 3 nitrogen and oxygen atoms in total. The second kappa shape index (κ2) is 11.2. The minimum absolute atomic E-state index is 0.110. The third-order valence-electron chi connectivity index (χ3n) is 5.88. The van der Waals surface area contributed by atoms with Crippen LogP contribution in [-0.2, 0) is 9.47 Å². The van der Waals surface area contributed by atoms with E-state index >= 15 is 0 Å². The van der Waals surface area contributed by atoms with Crippen molar-refractivity contribution >= 4 is 22.1 Å². The van der Waals surface area contributed by atoms with E-state index in [0.29, 0.717) is 0 Å². The first kappa shape index (κ1) is 23.2. The second-order valence-electron chi connectivity index (χ2n) is 9.18. The molecule has 0 spiro atoms. The Morgan fingerprint density at radius 2 is 1.48 bits per heavy atom. The molecule has 1 aliphatic heterocycles. The van der Waals surface area contributed by atoms with Crippen LogP contribution in [0.5, 0.6) is 0 Å². The minimum atomic E-state index is -2.49. The molecule has 27 heavy (non-hydrogen) atoms. The molecule has 0 N–H and O–H groups in total. The Balaban J connectivity index is 2.27. The summed E-state index contributed by atoms with van der Waals surface area (Å²) in [4.78, 5) is 4.98. The summed E-state index contributed by atoms with van der Waals surface area (Å²) in [5.74, 6) is 0. The third-order valence-corrected chi connectivity index (χ3v) is 21.0. The van der Waals surface area contributed by atoms with Gasteiger partial charge < -0.3 is 0 Å². The zero-order chi connectivity index (χ0) is 19.8. The van der Waals surface area contributed by atoms with Gasteiger partial charge in [-0.25, -0.2) is 0 Å². The van der Waals surface area contributed by atoms with Gasteiger partial charge in [0.1, 0.15) is 0 Å². The van der Waals surface area contributed by atoms with Gasteiger partial charge in [0, 0.05) is 0 Å². The number of hydrogen-bond acceptors (Lipinski definition) is 3. The van der Waals surface area contributed by atoms with E-state index in [2.05, 4.69) is 46.8 Å². The number of rotatable bonds is 11. The van der Waals surface area contributed by atoms with Crippen LogP contribution in [0.15, 0.2) is 18.3 Å². The van der Waals surface area contributed by atoms with Gasteiger partial charge in [0.2, 0.25) is 0 Å². The molecule has 0 amide bonds. The van der Waals surface area contributed by atoms with Gasteiger partial charge in [0.15, 0.2) is 0 Å². The van der Waals surface area contributed by atoms with Crippen molar-refractivity contribution in [1.29, 1.82) is 0 Å². The first-order chi connectivity index (χ1) is 13.0. The number of nitrogens with zero attached hydrogens (tertiary/aromatic N) is 1. The van der Waals surface area contributed by atoms with Crippen molar-refractivity contribution in [2.24, 2.45) is 5.41 Å².